The molecule has 0 aromatic rings. The first-order chi connectivity index (χ1) is 6.77. The maximum absolute atomic E-state index is 11.0. The Morgan fingerprint density at radius 3 is 2.31 bits per heavy atom. The molecule has 0 unspecified atom stereocenters. The molecule has 0 rings (SSSR count). The van der Waals surface area contributed by atoms with Gasteiger partial charge < -0.3 is 14.4 Å². The number of nitrogens with one attached hydrogen (secondary N) is 1. The second-order valence-corrected chi connectivity index (χ2v) is 6.53. The standard InChI is InChI=1S/C6H17NO6SSi.Li.H/c1-2-5-13-14(8,9)7-4-3-6-15(10,11)12;;/h7,10-12H,2-6H2,1H3;;. The molecule has 0 fully saturated rings. The topological polar surface area (TPSA) is 116 Å². The van der Waals surface area contributed by atoms with Gasteiger partial charge in [-0.3, -0.25) is 4.18 Å². The third kappa shape index (κ3) is 12.6. The van der Waals surface area contributed by atoms with Crippen LogP contribution < -0.4 is 4.72 Å². The van der Waals surface area contributed by atoms with Crippen molar-refractivity contribution in [3.63, 3.8) is 0 Å². The van der Waals surface area contributed by atoms with Crippen molar-refractivity contribution >= 4 is 38.0 Å². The van der Waals surface area contributed by atoms with Gasteiger partial charge in [0.25, 0.3) is 0 Å². The SMILES string of the molecule is CCCOS(=O)(=O)NCCC[Si](O)(O)O.[LiH]. The van der Waals surface area contributed by atoms with Gasteiger partial charge in [0.15, 0.2) is 0 Å². The molecule has 4 N–H and O–H groups in total. The van der Waals surface area contributed by atoms with Gasteiger partial charge >= 0.3 is 38.0 Å². The van der Waals surface area contributed by atoms with Crippen LogP contribution in [0.25, 0.3) is 0 Å². The fourth-order valence-corrected chi connectivity index (χ4v) is 2.27. The van der Waals surface area contributed by atoms with Crippen molar-refractivity contribution in [2.45, 2.75) is 25.8 Å². The monoisotopic (exact) mass is 267 g/mol. The molecule has 0 radical (unpaired) electrons. The van der Waals surface area contributed by atoms with Crippen molar-refractivity contribution in [1.82, 2.24) is 4.72 Å². The van der Waals surface area contributed by atoms with Gasteiger partial charge in [-0.25, -0.2) is 0 Å². The molecular weight excluding hydrogens is 249 g/mol. The molecule has 0 spiro atoms. The van der Waals surface area contributed by atoms with Gasteiger partial charge in [-0.2, -0.15) is 13.1 Å². The number of hydrogen-bond donors (Lipinski definition) is 4. The quantitative estimate of drug-likeness (QED) is 0.296. The minimum absolute atomic E-state index is 0. The predicted molar refractivity (Wildman–Crippen MR) is 62.1 cm³/mol. The Kier molecular flexibility index (Phi) is 10.2. The summed E-state index contributed by atoms with van der Waals surface area (Å²) in [6.07, 6.45) is 0.727. The molecule has 0 aromatic carbocycles. The predicted octanol–water partition coefficient (Wildman–Crippen LogP) is -2.10. The van der Waals surface area contributed by atoms with E-state index in [-0.39, 0.29) is 44.5 Å². The van der Waals surface area contributed by atoms with E-state index < -0.39 is 19.1 Å². The molecule has 16 heavy (non-hydrogen) atoms. The molecule has 0 heterocycles. The average Bonchev–Trinajstić information content (AvgIpc) is 2.08. The van der Waals surface area contributed by atoms with Gasteiger partial charge in [-0.05, 0) is 12.8 Å². The van der Waals surface area contributed by atoms with Gasteiger partial charge in [-0.1, -0.05) is 6.92 Å². The van der Waals surface area contributed by atoms with Crippen LogP contribution in [0.15, 0.2) is 0 Å². The van der Waals surface area contributed by atoms with Gasteiger partial charge in [0.2, 0.25) is 0 Å². The van der Waals surface area contributed by atoms with Crippen LogP contribution in [0.1, 0.15) is 19.8 Å². The summed E-state index contributed by atoms with van der Waals surface area (Å²) in [4.78, 5) is 25.9. The fraction of sp³-hybridized carbons (Fsp3) is 1.00. The summed E-state index contributed by atoms with van der Waals surface area (Å²) < 4.78 is 28.6. The Labute approximate surface area is 109 Å². The summed E-state index contributed by atoms with van der Waals surface area (Å²) in [6.45, 7) is 1.88. The molecule has 0 bridgehead atoms. The van der Waals surface area contributed by atoms with E-state index in [2.05, 4.69) is 8.91 Å². The average molecular weight is 267 g/mol. The first-order valence-electron chi connectivity index (χ1n) is 4.58. The van der Waals surface area contributed by atoms with Crippen molar-refractivity contribution in [2.24, 2.45) is 0 Å². The van der Waals surface area contributed by atoms with E-state index in [1.54, 1.807) is 6.92 Å². The third-order valence-electron chi connectivity index (χ3n) is 1.41. The zero-order valence-corrected chi connectivity index (χ0v) is 10.3. The molecule has 7 nitrogen and oxygen atoms in total. The second kappa shape index (κ2) is 8.63. The molecule has 0 atom stereocenters. The van der Waals surface area contributed by atoms with Crippen molar-refractivity contribution in [1.29, 1.82) is 0 Å². The van der Waals surface area contributed by atoms with Crippen molar-refractivity contribution in [3.05, 3.63) is 0 Å². The van der Waals surface area contributed by atoms with Crippen LogP contribution in [0.3, 0.4) is 0 Å². The minimum atomic E-state index is -4.05. The van der Waals surface area contributed by atoms with Crippen LogP contribution in [0, 0.1) is 0 Å². The summed E-state index contributed by atoms with van der Waals surface area (Å²) in [7, 11) is -7.80. The van der Waals surface area contributed by atoms with E-state index in [1.165, 1.54) is 0 Å². The van der Waals surface area contributed by atoms with Gasteiger partial charge in [-0.15, -0.1) is 0 Å². The van der Waals surface area contributed by atoms with Crippen molar-refractivity contribution < 1.29 is 27.0 Å². The van der Waals surface area contributed by atoms with E-state index in [0.717, 1.165) is 0 Å². The van der Waals surface area contributed by atoms with E-state index in [4.69, 9.17) is 14.4 Å². The summed E-state index contributed by atoms with van der Waals surface area (Å²) in [5, 5.41) is 0. The first kappa shape index (κ1) is 18.9. The second-order valence-electron chi connectivity index (χ2n) is 3.05. The fourth-order valence-electron chi connectivity index (χ4n) is 0.757. The Bertz CT molecular complexity index is 267. The van der Waals surface area contributed by atoms with Crippen LogP contribution in [-0.2, 0) is 14.5 Å². The Balaban J connectivity index is 0. The molecule has 10 heteroatoms. The van der Waals surface area contributed by atoms with E-state index in [9.17, 15) is 8.42 Å². The zero-order valence-electron chi connectivity index (χ0n) is 8.51. The Morgan fingerprint density at radius 1 is 1.31 bits per heavy atom. The van der Waals surface area contributed by atoms with Crippen LogP contribution in [0.5, 0.6) is 0 Å². The van der Waals surface area contributed by atoms with Crippen LogP contribution >= 0.6 is 0 Å². The first-order valence-corrected chi connectivity index (χ1v) is 8.03. The van der Waals surface area contributed by atoms with Crippen LogP contribution in [0.2, 0.25) is 6.04 Å². The normalized spacial score (nSPS) is 12.2. The molecule has 0 aliphatic carbocycles. The van der Waals surface area contributed by atoms with Crippen LogP contribution in [0.4, 0.5) is 0 Å². The molecule has 0 aliphatic heterocycles. The van der Waals surface area contributed by atoms with Crippen molar-refractivity contribution in [3.8, 4) is 0 Å². The molecular formula is C6H18LiNO6SSi. The maximum atomic E-state index is 11.0. The molecule has 0 saturated carbocycles. The van der Waals surface area contributed by atoms with Gasteiger partial charge in [0.1, 0.15) is 0 Å². The molecule has 94 valence electrons. The number of hydrogen-bond acceptors (Lipinski definition) is 6. The van der Waals surface area contributed by atoms with Crippen LogP contribution in [-0.4, -0.2) is 63.6 Å². The van der Waals surface area contributed by atoms with E-state index >= 15 is 0 Å². The molecule has 0 amide bonds. The van der Waals surface area contributed by atoms with Crippen molar-refractivity contribution in [2.75, 3.05) is 13.2 Å². The Morgan fingerprint density at radius 2 is 1.88 bits per heavy atom. The molecule has 0 saturated heterocycles. The number of rotatable bonds is 8. The Hall–Kier alpha value is 0.564. The summed E-state index contributed by atoms with van der Waals surface area (Å²) in [5.74, 6) is 0. The van der Waals surface area contributed by atoms with E-state index in [0.29, 0.717) is 6.42 Å². The summed E-state index contributed by atoms with van der Waals surface area (Å²) >= 11 is 0. The molecule has 0 aliphatic rings. The summed E-state index contributed by atoms with van der Waals surface area (Å²) in [6, 6.07) is -0.205. The molecule has 0 aromatic heterocycles. The third-order valence-corrected chi connectivity index (χ3v) is 3.47. The zero-order chi connectivity index (χ0) is 11.9. The van der Waals surface area contributed by atoms with Gasteiger partial charge in [0.05, 0.1) is 6.61 Å². The van der Waals surface area contributed by atoms with E-state index in [1.807, 2.05) is 0 Å². The van der Waals surface area contributed by atoms with Gasteiger partial charge in [0, 0.05) is 12.6 Å². The summed E-state index contributed by atoms with van der Waals surface area (Å²) in [5.41, 5.74) is 0.